The molecule has 0 spiro atoms. The smallest absolute Gasteiger partial charge is 0.141 e. The highest BCUT2D eigenvalue weighted by Gasteiger charge is 2.27. The number of hydrogen-bond acceptors (Lipinski definition) is 4. The van der Waals surface area contributed by atoms with Crippen LogP contribution in [0.3, 0.4) is 0 Å². The largest absolute Gasteiger partial charge is 0.389 e. The third-order valence-electron chi connectivity index (χ3n) is 3.94. The molecule has 0 radical (unpaired) electrons. The Labute approximate surface area is 129 Å². The van der Waals surface area contributed by atoms with Crippen molar-refractivity contribution in [3.8, 4) is 0 Å². The average molecular weight is 301 g/mol. The molecule has 1 aromatic carbocycles. The van der Waals surface area contributed by atoms with Gasteiger partial charge in [-0.25, -0.2) is 0 Å². The van der Waals surface area contributed by atoms with Crippen LogP contribution in [-0.2, 0) is 7.05 Å². The number of benzene rings is 1. The molecule has 2 N–H and O–H groups in total. The Bertz CT molecular complexity index is 706. The summed E-state index contributed by atoms with van der Waals surface area (Å²) >= 11 is 5.23. The number of fused-ring (bicyclic) bond motifs is 1. The SMILES string of the molecule is Cc1nn(C)c(N2CCN(C)c3ccccc32)c1C(N)=S. The van der Waals surface area contributed by atoms with Crippen LogP contribution in [0.5, 0.6) is 0 Å². The van der Waals surface area contributed by atoms with E-state index in [9.17, 15) is 0 Å². The lowest BCUT2D eigenvalue weighted by atomic mass is 10.1. The summed E-state index contributed by atoms with van der Waals surface area (Å²) in [7, 11) is 4.05. The lowest BCUT2D eigenvalue weighted by Crippen LogP contribution is -2.38. The Hall–Kier alpha value is -2.08. The molecule has 0 saturated carbocycles. The van der Waals surface area contributed by atoms with Gasteiger partial charge in [0.05, 0.1) is 22.6 Å². The minimum absolute atomic E-state index is 0.395. The predicted octanol–water partition coefficient (Wildman–Crippen LogP) is 1.95. The van der Waals surface area contributed by atoms with E-state index in [-0.39, 0.29) is 0 Å². The van der Waals surface area contributed by atoms with Gasteiger partial charge in [0.15, 0.2) is 0 Å². The van der Waals surface area contributed by atoms with Crippen LogP contribution in [0.25, 0.3) is 0 Å². The molecule has 0 unspecified atom stereocenters. The van der Waals surface area contributed by atoms with E-state index in [0.717, 1.165) is 35.9 Å². The third-order valence-corrected chi connectivity index (χ3v) is 4.14. The van der Waals surface area contributed by atoms with Crippen LogP contribution < -0.4 is 15.5 Å². The second kappa shape index (κ2) is 5.04. The van der Waals surface area contributed by atoms with Crippen molar-refractivity contribution in [3.63, 3.8) is 0 Å². The van der Waals surface area contributed by atoms with E-state index in [1.54, 1.807) is 0 Å². The molecule has 2 heterocycles. The number of hydrogen-bond donors (Lipinski definition) is 1. The van der Waals surface area contributed by atoms with E-state index >= 15 is 0 Å². The van der Waals surface area contributed by atoms with Crippen LogP contribution in [0.1, 0.15) is 11.3 Å². The Morgan fingerprint density at radius 3 is 2.52 bits per heavy atom. The van der Waals surface area contributed by atoms with Gasteiger partial charge in [0.25, 0.3) is 0 Å². The maximum atomic E-state index is 5.92. The zero-order valence-corrected chi connectivity index (χ0v) is 13.3. The highest BCUT2D eigenvalue weighted by molar-refractivity contribution is 7.80. The number of rotatable bonds is 2. The summed E-state index contributed by atoms with van der Waals surface area (Å²) in [5.74, 6) is 0.973. The van der Waals surface area contributed by atoms with Crippen LogP contribution >= 0.6 is 12.2 Å². The lowest BCUT2D eigenvalue weighted by Gasteiger charge is -2.37. The van der Waals surface area contributed by atoms with Crippen molar-refractivity contribution in [2.24, 2.45) is 12.8 Å². The van der Waals surface area contributed by atoms with Gasteiger partial charge in [0, 0.05) is 27.2 Å². The van der Waals surface area contributed by atoms with Crippen LogP contribution in [0.15, 0.2) is 24.3 Å². The van der Waals surface area contributed by atoms with Crippen molar-refractivity contribution < 1.29 is 0 Å². The Morgan fingerprint density at radius 2 is 1.86 bits per heavy atom. The van der Waals surface area contributed by atoms with E-state index in [4.69, 9.17) is 18.0 Å². The standard InChI is InChI=1S/C15H19N5S/c1-10-13(14(16)21)15(19(3)17-10)20-9-8-18(2)11-6-4-5-7-12(11)20/h4-7H,8-9H2,1-3H3,(H2,16,21). The van der Waals surface area contributed by atoms with Gasteiger partial charge < -0.3 is 15.5 Å². The molecule has 2 aromatic rings. The van der Waals surface area contributed by atoms with Crippen LogP contribution in [-0.4, -0.2) is 34.9 Å². The summed E-state index contributed by atoms with van der Waals surface area (Å²) in [5, 5.41) is 4.49. The zero-order valence-electron chi connectivity index (χ0n) is 12.5. The van der Waals surface area contributed by atoms with E-state index in [1.165, 1.54) is 5.69 Å². The summed E-state index contributed by atoms with van der Waals surface area (Å²) < 4.78 is 1.87. The number of nitrogens with two attached hydrogens (primary N) is 1. The lowest BCUT2D eigenvalue weighted by molar-refractivity contribution is 0.723. The Kier molecular flexibility index (Phi) is 3.33. The quantitative estimate of drug-likeness (QED) is 0.859. The first-order chi connectivity index (χ1) is 10.0. The topological polar surface area (TPSA) is 50.3 Å². The van der Waals surface area contributed by atoms with Crippen molar-refractivity contribution in [2.75, 3.05) is 29.9 Å². The average Bonchev–Trinajstić information content (AvgIpc) is 2.74. The molecule has 5 nitrogen and oxygen atoms in total. The molecule has 0 saturated heterocycles. The van der Waals surface area contributed by atoms with E-state index in [0.29, 0.717) is 4.99 Å². The molecule has 0 amide bonds. The van der Waals surface area contributed by atoms with E-state index in [1.807, 2.05) is 18.7 Å². The monoisotopic (exact) mass is 301 g/mol. The fourth-order valence-electron chi connectivity index (χ4n) is 2.97. The number of anilines is 3. The molecule has 0 fully saturated rings. The maximum absolute atomic E-state index is 5.92. The van der Waals surface area contributed by atoms with Crippen molar-refractivity contribution in [1.82, 2.24) is 9.78 Å². The first-order valence-corrected chi connectivity index (χ1v) is 7.32. The molecule has 1 aliphatic heterocycles. The van der Waals surface area contributed by atoms with Gasteiger partial charge in [0.2, 0.25) is 0 Å². The Morgan fingerprint density at radius 1 is 1.19 bits per heavy atom. The minimum Gasteiger partial charge on any atom is -0.389 e. The van der Waals surface area contributed by atoms with E-state index in [2.05, 4.69) is 46.2 Å². The Balaban J connectivity index is 2.19. The number of para-hydroxylation sites is 2. The summed E-state index contributed by atoms with van der Waals surface area (Å²) in [6.45, 7) is 3.76. The summed E-state index contributed by atoms with van der Waals surface area (Å²) in [4.78, 5) is 4.91. The van der Waals surface area contributed by atoms with Crippen molar-refractivity contribution in [3.05, 3.63) is 35.5 Å². The fraction of sp³-hybridized carbons (Fsp3) is 0.333. The maximum Gasteiger partial charge on any atom is 0.141 e. The van der Waals surface area contributed by atoms with Gasteiger partial charge in [-0.3, -0.25) is 4.68 Å². The molecule has 0 atom stereocenters. The number of thiocarbonyl (C=S) groups is 1. The molecular formula is C15H19N5S. The molecule has 21 heavy (non-hydrogen) atoms. The van der Waals surface area contributed by atoms with Gasteiger partial charge in [-0.1, -0.05) is 24.4 Å². The summed E-state index contributed by atoms with van der Waals surface area (Å²) in [5.41, 5.74) is 10.0. The van der Waals surface area contributed by atoms with Gasteiger partial charge in [-0.15, -0.1) is 0 Å². The van der Waals surface area contributed by atoms with Gasteiger partial charge in [0.1, 0.15) is 10.8 Å². The predicted molar refractivity (Wildman–Crippen MR) is 90.6 cm³/mol. The first kappa shape index (κ1) is 13.9. The van der Waals surface area contributed by atoms with Gasteiger partial charge >= 0.3 is 0 Å². The molecule has 6 heteroatoms. The van der Waals surface area contributed by atoms with Gasteiger partial charge in [-0.2, -0.15) is 5.10 Å². The second-order valence-electron chi connectivity index (χ2n) is 5.33. The number of aryl methyl sites for hydroxylation is 2. The third kappa shape index (κ3) is 2.15. The highest BCUT2D eigenvalue weighted by Crippen LogP contribution is 2.38. The minimum atomic E-state index is 0.395. The second-order valence-corrected chi connectivity index (χ2v) is 5.77. The summed E-state index contributed by atoms with van der Waals surface area (Å²) in [6.07, 6.45) is 0. The first-order valence-electron chi connectivity index (χ1n) is 6.92. The molecule has 3 rings (SSSR count). The number of nitrogens with zero attached hydrogens (tertiary/aromatic N) is 4. The molecule has 0 aliphatic carbocycles. The van der Waals surface area contributed by atoms with Crippen molar-refractivity contribution in [1.29, 1.82) is 0 Å². The molecule has 110 valence electrons. The molecule has 1 aromatic heterocycles. The number of aromatic nitrogens is 2. The van der Waals surface area contributed by atoms with E-state index < -0.39 is 0 Å². The summed E-state index contributed by atoms with van der Waals surface area (Å²) in [6, 6.07) is 8.36. The molecule has 0 bridgehead atoms. The zero-order chi connectivity index (χ0) is 15.1. The number of likely N-dealkylation sites (N-methyl/N-ethyl adjacent to an activating group) is 1. The van der Waals surface area contributed by atoms with Crippen molar-refractivity contribution >= 4 is 34.4 Å². The van der Waals surface area contributed by atoms with Crippen LogP contribution in [0.2, 0.25) is 0 Å². The van der Waals surface area contributed by atoms with Crippen LogP contribution in [0.4, 0.5) is 17.2 Å². The highest BCUT2D eigenvalue weighted by atomic mass is 32.1. The molecular weight excluding hydrogens is 282 g/mol. The van der Waals surface area contributed by atoms with Crippen LogP contribution in [0, 0.1) is 6.92 Å². The normalized spacial score (nSPS) is 14.2. The fourth-order valence-corrected chi connectivity index (χ4v) is 3.21. The van der Waals surface area contributed by atoms with Gasteiger partial charge in [-0.05, 0) is 19.1 Å². The van der Waals surface area contributed by atoms with Crippen molar-refractivity contribution in [2.45, 2.75) is 6.92 Å². The molecule has 1 aliphatic rings.